The minimum absolute atomic E-state index is 0.133. The van der Waals surface area contributed by atoms with E-state index in [2.05, 4.69) is 62.8 Å². The third-order valence-corrected chi connectivity index (χ3v) is 3.56. The standard InChI is InChI=1S/C13H22N2S2/c1-9(2)14-12(16)15-11(13(3,4)5)10-7-6-8-17-10/h6-9,11H,1-5H3,(H2,14,15,16). The lowest BCUT2D eigenvalue weighted by molar-refractivity contribution is 0.305. The second kappa shape index (κ2) is 5.83. The first kappa shape index (κ1) is 14.5. The minimum Gasteiger partial charge on any atom is -0.361 e. The average molecular weight is 270 g/mol. The molecule has 96 valence electrons. The van der Waals surface area contributed by atoms with Crippen LogP contribution in [0.25, 0.3) is 0 Å². The number of hydrogen-bond acceptors (Lipinski definition) is 2. The molecule has 0 aromatic carbocycles. The largest absolute Gasteiger partial charge is 0.361 e. The molecule has 1 rings (SSSR count). The van der Waals surface area contributed by atoms with Crippen LogP contribution in [0.4, 0.5) is 0 Å². The van der Waals surface area contributed by atoms with Crippen LogP contribution in [0.2, 0.25) is 0 Å². The van der Waals surface area contributed by atoms with E-state index in [-0.39, 0.29) is 11.5 Å². The molecule has 1 aromatic heterocycles. The smallest absolute Gasteiger partial charge is 0.167 e. The summed E-state index contributed by atoms with van der Waals surface area (Å²) in [6.45, 7) is 10.9. The first-order valence-electron chi connectivity index (χ1n) is 5.91. The number of thiocarbonyl (C=S) groups is 1. The molecular formula is C13H22N2S2. The zero-order valence-corrected chi connectivity index (χ0v) is 12.8. The number of hydrogen-bond donors (Lipinski definition) is 2. The van der Waals surface area contributed by atoms with Gasteiger partial charge in [-0.15, -0.1) is 11.3 Å². The molecule has 0 aliphatic carbocycles. The summed E-state index contributed by atoms with van der Waals surface area (Å²) in [4.78, 5) is 1.32. The Hall–Kier alpha value is -0.610. The van der Waals surface area contributed by atoms with Crippen molar-refractivity contribution in [3.63, 3.8) is 0 Å². The van der Waals surface area contributed by atoms with Crippen LogP contribution in [0, 0.1) is 5.41 Å². The van der Waals surface area contributed by atoms with E-state index in [1.54, 1.807) is 11.3 Å². The molecule has 1 atom stereocenters. The van der Waals surface area contributed by atoms with Gasteiger partial charge in [-0.25, -0.2) is 0 Å². The molecule has 17 heavy (non-hydrogen) atoms. The van der Waals surface area contributed by atoms with Gasteiger partial charge < -0.3 is 10.6 Å². The Morgan fingerprint density at radius 1 is 1.29 bits per heavy atom. The van der Waals surface area contributed by atoms with Crippen molar-refractivity contribution >= 4 is 28.7 Å². The molecule has 1 heterocycles. The van der Waals surface area contributed by atoms with E-state index in [0.717, 1.165) is 5.11 Å². The summed E-state index contributed by atoms with van der Waals surface area (Å²) in [6.07, 6.45) is 0. The second-order valence-electron chi connectivity index (χ2n) is 5.59. The highest BCUT2D eigenvalue weighted by Crippen LogP contribution is 2.34. The zero-order chi connectivity index (χ0) is 13.1. The molecule has 1 unspecified atom stereocenters. The minimum atomic E-state index is 0.133. The van der Waals surface area contributed by atoms with Gasteiger partial charge in [0.05, 0.1) is 6.04 Å². The fourth-order valence-electron chi connectivity index (χ4n) is 1.60. The quantitative estimate of drug-likeness (QED) is 0.819. The summed E-state index contributed by atoms with van der Waals surface area (Å²) < 4.78 is 0. The van der Waals surface area contributed by atoms with Gasteiger partial charge in [-0.05, 0) is 42.9 Å². The molecule has 2 N–H and O–H groups in total. The molecule has 0 aliphatic heterocycles. The third kappa shape index (κ3) is 4.64. The Morgan fingerprint density at radius 2 is 1.94 bits per heavy atom. The van der Waals surface area contributed by atoms with Gasteiger partial charge in [0.25, 0.3) is 0 Å². The van der Waals surface area contributed by atoms with Gasteiger partial charge in [-0.3, -0.25) is 0 Å². The van der Waals surface area contributed by atoms with E-state index in [1.807, 2.05) is 0 Å². The summed E-state index contributed by atoms with van der Waals surface area (Å²) in [5.41, 5.74) is 0.133. The highest BCUT2D eigenvalue weighted by Gasteiger charge is 2.27. The maximum atomic E-state index is 5.33. The maximum Gasteiger partial charge on any atom is 0.167 e. The molecule has 0 saturated carbocycles. The van der Waals surface area contributed by atoms with Crippen LogP contribution in [0.15, 0.2) is 17.5 Å². The van der Waals surface area contributed by atoms with Gasteiger partial charge >= 0.3 is 0 Å². The van der Waals surface area contributed by atoms with Crippen molar-refractivity contribution in [3.05, 3.63) is 22.4 Å². The lowest BCUT2D eigenvalue weighted by atomic mass is 9.86. The lowest BCUT2D eigenvalue weighted by Gasteiger charge is -2.32. The molecule has 0 fully saturated rings. The van der Waals surface area contributed by atoms with E-state index in [9.17, 15) is 0 Å². The van der Waals surface area contributed by atoms with E-state index < -0.39 is 0 Å². The summed E-state index contributed by atoms with van der Waals surface area (Å²) in [5.74, 6) is 0. The fraction of sp³-hybridized carbons (Fsp3) is 0.615. The van der Waals surface area contributed by atoms with Gasteiger partial charge in [-0.2, -0.15) is 0 Å². The fourth-order valence-corrected chi connectivity index (χ4v) is 2.98. The molecule has 0 bridgehead atoms. The van der Waals surface area contributed by atoms with Crippen LogP contribution in [0.3, 0.4) is 0 Å². The van der Waals surface area contributed by atoms with Crippen molar-refractivity contribution in [1.29, 1.82) is 0 Å². The monoisotopic (exact) mass is 270 g/mol. The molecule has 0 radical (unpaired) electrons. The molecule has 0 aliphatic rings. The highest BCUT2D eigenvalue weighted by atomic mass is 32.1. The van der Waals surface area contributed by atoms with Gasteiger partial charge in [0.1, 0.15) is 0 Å². The van der Waals surface area contributed by atoms with Crippen LogP contribution in [-0.4, -0.2) is 11.2 Å². The molecular weight excluding hydrogens is 248 g/mol. The van der Waals surface area contributed by atoms with E-state index in [0.29, 0.717) is 6.04 Å². The van der Waals surface area contributed by atoms with Crippen LogP contribution in [0.5, 0.6) is 0 Å². The van der Waals surface area contributed by atoms with Crippen LogP contribution < -0.4 is 10.6 Å². The van der Waals surface area contributed by atoms with Crippen molar-refractivity contribution in [2.24, 2.45) is 5.41 Å². The average Bonchev–Trinajstić information content (AvgIpc) is 2.63. The molecule has 1 aromatic rings. The Balaban J connectivity index is 2.76. The van der Waals surface area contributed by atoms with Gasteiger partial charge in [0.15, 0.2) is 5.11 Å². The molecule has 0 saturated heterocycles. The molecule has 4 heteroatoms. The van der Waals surface area contributed by atoms with Crippen molar-refractivity contribution in [1.82, 2.24) is 10.6 Å². The van der Waals surface area contributed by atoms with Gasteiger partial charge in [-0.1, -0.05) is 26.8 Å². The molecule has 2 nitrogen and oxygen atoms in total. The van der Waals surface area contributed by atoms with E-state index in [1.165, 1.54) is 4.88 Å². The maximum absolute atomic E-state index is 5.33. The van der Waals surface area contributed by atoms with E-state index in [4.69, 9.17) is 12.2 Å². The topological polar surface area (TPSA) is 24.1 Å². The molecule has 0 amide bonds. The summed E-state index contributed by atoms with van der Waals surface area (Å²) in [7, 11) is 0. The SMILES string of the molecule is CC(C)NC(=S)NC(c1cccs1)C(C)(C)C. The predicted octanol–water partition coefficient (Wildman–Crippen LogP) is 3.71. The van der Waals surface area contributed by atoms with Gasteiger partial charge in [0.2, 0.25) is 0 Å². The first-order chi connectivity index (χ1) is 7.80. The van der Waals surface area contributed by atoms with Crippen molar-refractivity contribution < 1.29 is 0 Å². The predicted molar refractivity (Wildman–Crippen MR) is 80.5 cm³/mol. The Kier molecular flexibility index (Phi) is 4.95. The summed E-state index contributed by atoms with van der Waals surface area (Å²) >= 11 is 7.10. The summed E-state index contributed by atoms with van der Waals surface area (Å²) in [5, 5.41) is 9.49. The normalized spacial score (nSPS) is 13.5. The Morgan fingerprint density at radius 3 is 2.35 bits per heavy atom. The Labute approximate surface area is 114 Å². The third-order valence-electron chi connectivity index (χ3n) is 2.39. The van der Waals surface area contributed by atoms with Crippen molar-refractivity contribution in [2.45, 2.75) is 46.7 Å². The molecule has 0 spiro atoms. The number of rotatable bonds is 3. The van der Waals surface area contributed by atoms with Crippen molar-refractivity contribution in [2.75, 3.05) is 0 Å². The summed E-state index contributed by atoms with van der Waals surface area (Å²) in [6, 6.07) is 4.85. The van der Waals surface area contributed by atoms with Gasteiger partial charge in [0, 0.05) is 10.9 Å². The highest BCUT2D eigenvalue weighted by molar-refractivity contribution is 7.80. The zero-order valence-electron chi connectivity index (χ0n) is 11.2. The van der Waals surface area contributed by atoms with Crippen molar-refractivity contribution in [3.8, 4) is 0 Å². The number of thiophene rings is 1. The van der Waals surface area contributed by atoms with Crippen LogP contribution in [0.1, 0.15) is 45.5 Å². The van der Waals surface area contributed by atoms with Crippen LogP contribution in [-0.2, 0) is 0 Å². The Bertz CT molecular complexity index is 350. The number of nitrogens with one attached hydrogen (secondary N) is 2. The van der Waals surface area contributed by atoms with Crippen LogP contribution >= 0.6 is 23.6 Å². The lowest BCUT2D eigenvalue weighted by Crippen LogP contribution is -2.44. The second-order valence-corrected chi connectivity index (χ2v) is 6.97. The first-order valence-corrected chi connectivity index (χ1v) is 7.20. The van der Waals surface area contributed by atoms with E-state index >= 15 is 0 Å².